The van der Waals surface area contributed by atoms with Crippen molar-refractivity contribution < 1.29 is 0 Å². The predicted molar refractivity (Wildman–Crippen MR) is 67.6 cm³/mol. The summed E-state index contributed by atoms with van der Waals surface area (Å²) in [7, 11) is 0. The van der Waals surface area contributed by atoms with Crippen LogP contribution in [0.4, 0.5) is 0 Å². The zero-order chi connectivity index (χ0) is 12.3. The highest BCUT2D eigenvalue weighted by Crippen LogP contribution is 2.21. The summed E-state index contributed by atoms with van der Waals surface area (Å²) in [5, 5.41) is 8.41. The van der Waals surface area contributed by atoms with Crippen molar-refractivity contribution in [2.24, 2.45) is 11.3 Å². The van der Waals surface area contributed by atoms with E-state index in [0.717, 1.165) is 24.6 Å². The lowest BCUT2D eigenvalue weighted by atomic mass is 9.92. The van der Waals surface area contributed by atoms with Gasteiger partial charge in [0.25, 0.3) is 0 Å². The van der Waals surface area contributed by atoms with Crippen molar-refractivity contribution in [3.63, 3.8) is 0 Å². The van der Waals surface area contributed by atoms with Crippen molar-refractivity contribution in [2.75, 3.05) is 0 Å². The topological polar surface area (TPSA) is 30.7 Å². The van der Waals surface area contributed by atoms with Crippen molar-refractivity contribution in [1.82, 2.24) is 14.8 Å². The predicted octanol–water partition coefficient (Wildman–Crippen LogP) is 3.26. The van der Waals surface area contributed by atoms with Crippen molar-refractivity contribution >= 4 is 11.6 Å². The van der Waals surface area contributed by atoms with Gasteiger partial charge in [-0.05, 0) is 11.3 Å². The van der Waals surface area contributed by atoms with E-state index >= 15 is 0 Å². The smallest absolute Gasteiger partial charge is 0.147 e. The average molecular weight is 244 g/mol. The third kappa shape index (κ3) is 3.78. The lowest BCUT2D eigenvalue weighted by Crippen LogP contribution is -2.17. The van der Waals surface area contributed by atoms with Crippen LogP contribution in [0.3, 0.4) is 0 Å². The normalized spacial score (nSPS) is 12.4. The van der Waals surface area contributed by atoms with Gasteiger partial charge >= 0.3 is 0 Å². The molecule has 92 valence electrons. The third-order valence-corrected chi connectivity index (χ3v) is 2.50. The fourth-order valence-electron chi connectivity index (χ4n) is 1.65. The molecular formula is C12H22ClN3. The molecule has 0 aromatic carbocycles. The van der Waals surface area contributed by atoms with Gasteiger partial charge in [0.1, 0.15) is 11.6 Å². The maximum Gasteiger partial charge on any atom is 0.147 e. The highest BCUT2D eigenvalue weighted by molar-refractivity contribution is 6.16. The van der Waals surface area contributed by atoms with Gasteiger partial charge < -0.3 is 4.57 Å². The molecule has 0 fully saturated rings. The van der Waals surface area contributed by atoms with Gasteiger partial charge in [0.15, 0.2) is 0 Å². The minimum Gasteiger partial charge on any atom is -0.314 e. The van der Waals surface area contributed by atoms with Crippen LogP contribution < -0.4 is 0 Å². The summed E-state index contributed by atoms with van der Waals surface area (Å²) in [5.74, 6) is 2.95. The first-order chi connectivity index (χ1) is 7.33. The van der Waals surface area contributed by atoms with E-state index in [1.54, 1.807) is 0 Å². The van der Waals surface area contributed by atoms with Crippen molar-refractivity contribution in [2.45, 2.75) is 53.5 Å². The Bertz CT molecular complexity index is 337. The summed E-state index contributed by atoms with van der Waals surface area (Å²) < 4.78 is 2.17. The molecule has 0 saturated heterocycles. The van der Waals surface area contributed by atoms with Crippen LogP contribution in [0.1, 0.15) is 46.3 Å². The van der Waals surface area contributed by atoms with Gasteiger partial charge in [0, 0.05) is 13.0 Å². The molecule has 4 heteroatoms. The SMILES string of the molecule is CC(C)Cn1c(CCl)nnc1CC(C)(C)C. The van der Waals surface area contributed by atoms with Gasteiger partial charge in [-0.3, -0.25) is 0 Å². The van der Waals surface area contributed by atoms with Gasteiger partial charge in [0.2, 0.25) is 0 Å². The van der Waals surface area contributed by atoms with Crippen LogP contribution in [-0.2, 0) is 18.8 Å². The summed E-state index contributed by atoms with van der Waals surface area (Å²) in [4.78, 5) is 0. The molecule has 0 unspecified atom stereocenters. The van der Waals surface area contributed by atoms with Crippen molar-refractivity contribution in [3.05, 3.63) is 11.6 Å². The van der Waals surface area contributed by atoms with Crippen LogP contribution in [0.25, 0.3) is 0 Å². The molecule has 0 amide bonds. The maximum absolute atomic E-state index is 5.88. The quantitative estimate of drug-likeness (QED) is 0.760. The summed E-state index contributed by atoms with van der Waals surface area (Å²) in [6.45, 7) is 12.0. The second kappa shape index (κ2) is 5.17. The zero-order valence-electron chi connectivity index (χ0n) is 10.9. The summed E-state index contributed by atoms with van der Waals surface area (Å²) >= 11 is 5.88. The molecule has 0 N–H and O–H groups in total. The fraction of sp³-hybridized carbons (Fsp3) is 0.833. The van der Waals surface area contributed by atoms with Gasteiger partial charge in [-0.25, -0.2) is 0 Å². The second-order valence-electron chi connectivity index (χ2n) is 5.91. The van der Waals surface area contributed by atoms with E-state index < -0.39 is 0 Å². The minimum atomic E-state index is 0.228. The molecule has 0 atom stereocenters. The monoisotopic (exact) mass is 243 g/mol. The minimum absolute atomic E-state index is 0.228. The Balaban J connectivity index is 2.95. The Morgan fingerprint density at radius 3 is 2.19 bits per heavy atom. The van der Waals surface area contributed by atoms with Gasteiger partial charge in [0.05, 0.1) is 5.88 Å². The molecule has 0 spiro atoms. The first-order valence-electron chi connectivity index (χ1n) is 5.80. The van der Waals surface area contributed by atoms with E-state index in [0.29, 0.717) is 11.8 Å². The Morgan fingerprint density at radius 2 is 1.75 bits per heavy atom. The third-order valence-electron chi connectivity index (χ3n) is 2.26. The lowest BCUT2D eigenvalue weighted by Gasteiger charge is -2.19. The molecule has 0 aliphatic heterocycles. The molecule has 0 saturated carbocycles. The zero-order valence-corrected chi connectivity index (χ0v) is 11.7. The van der Waals surface area contributed by atoms with Crippen molar-refractivity contribution in [3.8, 4) is 0 Å². The Kier molecular flexibility index (Phi) is 4.36. The molecule has 1 heterocycles. The van der Waals surface area contributed by atoms with E-state index in [1.165, 1.54) is 0 Å². The molecule has 0 radical (unpaired) electrons. The molecule has 3 nitrogen and oxygen atoms in total. The molecule has 0 aliphatic rings. The highest BCUT2D eigenvalue weighted by atomic mass is 35.5. The van der Waals surface area contributed by atoms with E-state index in [9.17, 15) is 0 Å². The number of halogens is 1. The summed E-state index contributed by atoms with van der Waals surface area (Å²) in [5.41, 5.74) is 0.228. The molecule has 0 bridgehead atoms. The van der Waals surface area contributed by atoms with Crippen LogP contribution in [0.15, 0.2) is 0 Å². The first-order valence-corrected chi connectivity index (χ1v) is 6.34. The summed E-state index contributed by atoms with van der Waals surface area (Å²) in [6, 6.07) is 0. The second-order valence-corrected chi connectivity index (χ2v) is 6.18. The number of aromatic nitrogens is 3. The number of alkyl halides is 1. The molecule has 0 aliphatic carbocycles. The summed E-state index contributed by atoms with van der Waals surface area (Å²) in [6.07, 6.45) is 0.934. The van der Waals surface area contributed by atoms with Gasteiger partial charge in [-0.15, -0.1) is 21.8 Å². The molecule has 1 aromatic heterocycles. The first kappa shape index (κ1) is 13.5. The van der Waals surface area contributed by atoms with Crippen LogP contribution in [0, 0.1) is 11.3 Å². The number of hydrogen-bond acceptors (Lipinski definition) is 2. The largest absolute Gasteiger partial charge is 0.314 e. The van der Waals surface area contributed by atoms with Crippen LogP contribution in [0.5, 0.6) is 0 Å². The molecular weight excluding hydrogens is 222 g/mol. The lowest BCUT2D eigenvalue weighted by molar-refractivity contribution is 0.382. The number of hydrogen-bond donors (Lipinski definition) is 0. The van der Waals surface area contributed by atoms with Crippen molar-refractivity contribution in [1.29, 1.82) is 0 Å². The highest BCUT2D eigenvalue weighted by Gasteiger charge is 2.18. The van der Waals surface area contributed by atoms with E-state index in [-0.39, 0.29) is 5.41 Å². The van der Waals surface area contributed by atoms with E-state index in [2.05, 4.69) is 49.4 Å². The van der Waals surface area contributed by atoms with E-state index in [4.69, 9.17) is 11.6 Å². The van der Waals surface area contributed by atoms with Gasteiger partial charge in [-0.2, -0.15) is 0 Å². The Hall–Kier alpha value is -0.570. The van der Waals surface area contributed by atoms with Gasteiger partial charge in [-0.1, -0.05) is 34.6 Å². The number of rotatable bonds is 4. The van der Waals surface area contributed by atoms with Crippen LogP contribution in [0.2, 0.25) is 0 Å². The average Bonchev–Trinajstić information content (AvgIpc) is 2.45. The van der Waals surface area contributed by atoms with E-state index in [1.807, 2.05) is 0 Å². The molecule has 1 rings (SSSR count). The van der Waals surface area contributed by atoms with Crippen LogP contribution >= 0.6 is 11.6 Å². The molecule has 1 aromatic rings. The Labute approximate surface area is 103 Å². The Morgan fingerprint density at radius 1 is 1.19 bits per heavy atom. The fourth-order valence-corrected chi connectivity index (χ4v) is 1.85. The van der Waals surface area contributed by atoms with Crippen LogP contribution in [-0.4, -0.2) is 14.8 Å². The number of nitrogens with zero attached hydrogens (tertiary/aromatic N) is 3. The molecule has 16 heavy (non-hydrogen) atoms. The maximum atomic E-state index is 5.88. The standard InChI is InChI=1S/C12H22ClN3/c1-9(2)8-16-10(6-12(3,4)5)14-15-11(16)7-13/h9H,6-8H2,1-5H3.